The number of amides is 1. The number of benzene rings is 3. The first-order valence-corrected chi connectivity index (χ1v) is 12.4. The molecule has 0 radical (unpaired) electrons. The topological polar surface area (TPSA) is 54.0 Å². The van der Waals surface area contributed by atoms with Crippen LogP contribution in [0.2, 0.25) is 0 Å². The first kappa shape index (κ1) is 24.6. The lowest BCUT2D eigenvalue weighted by molar-refractivity contribution is 0.199. The number of unbranched alkanes of at least 4 members (excludes halogenated alkanes) is 1. The lowest BCUT2D eigenvalue weighted by Crippen LogP contribution is -2.46. The molecule has 0 spiro atoms. The smallest absolute Gasteiger partial charge is 0.412 e. The van der Waals surface area contributed by atoms with Crippen LogP contribution in [0.15, 0.2) is 78.9 Å². The zero-order valence-electron chi connectivity index (χ0n) is 20.5. The molecule has 0 aromatic heterocycles. The standard InChI is InChI=1S/C29H35N3O3/c1-34-28-12-6-5-11-27(28)32-21-19-31(20-22-32)18-8-7-17-30-29(33)35-26-15-13-25(14-16-26)23-24-9-3-2-4-10-24/h2-6,9-16H,7-8,17-23H2,1H3,(H,30,33). The van der Waals surface area contributed by atoms with E-state index in [4.69, 9.17) is 9.47 Å². The van der Waals surface area contributed by atoms with E-state index >= 15 is 0 Å². The van der Waals surface area contributed by atoms with Crippen LogP contribution in [0.3, 0.4) is 0 Å². The van der Waals surface area contributed by atoms with Crippen LogP contribution in [0.4, 0.5) is 10.5 Å². The van der Waals surface area contributed by atoms with Crippen molar-refractivity contribution in [3.8, 4) is 11.5 Å². The first-order chi connectivity index (χ1) is 17.2. The summed E-state index contributed by atoms with van der Waals surface area (Å²) in [6.45, 7) is 5.72. The Hall–Kier alpha value is -3.51. The van der Waals surface area contributed by atoms with Crippen LogP contribution in [0.25, 0.3) is 0 Å². The predicted molar refractivity (Wildman–Crippen MR) is 141 cm³/mol. The Kier molecular flexibility index (Phi) is 9.01. The average Bonchev–Trinajstić information content (AvgIpc) is 2.90. The van der Waals surface area contributed by atoms with Gasteiger partial charge in [-0.1, -0.05) is 54.6 Å². The molecule has 1 saturated heterocycles. The van der Waals surface area contributed by atoms with Crippen molar-refractivity contribution in [1.29, 1.82) is 0 Å². The van der Waals surface area contributed by atoms with Gasteiger partial charge in [0.2, 0.25) is 0 Å². The molecule has 6 nitrogen and oxygen atoms in total. The van der Waals surface area contributed by atoms with Crippen molar-refractivity contribution < 1.29 is 14.3 Å². The molecule has 35 heavy (non-hydrogen) atoms. The second-order valence-corrected chi connectivity index (χ2v) is 8.83. The van der Waals surface area contributed by atoms with E-state index in [9.17, 15) is 4.79 Å². The van der Waals surface area contributed by atoms with Gasteiger partial charge in [-0.25, -0.2) is 4.79 Å². The second-order valence-electron chi connectivity index (χ2n) is 8.83. The van der Waals surface area contributed by atoms with Crippen LogP contribution in [0, 0.1) is 0 Å². The van der Waals surface area contributed by atoms with E-state index in [0.717, 1.165) is 57.7 Å². The van der Waals surface area contributed by atoms with Gasteiger partial charge in [-0.3, -0.25) is 4.90 Å². The van der Waals surface area contributed by atoms with Gasteiger partial charge < -0.3 is 19.7 Å². The molecule has 0 unspecified atom stereocenters. The van der Waals surface area contributed by atoms with Gasteiger partial charge >= 0.3 is 6.09 Å². The maximum absolute atomic E-state index is 12.1. The predicted octanol–water partition coefficient (Wildman–Crippen LogP) is 4.98. The Bertz CT molecular complexity index is 1050. The molecule has 0 saturated carbocycles. The number of piperazine rings is 1. The van der Waals surface area contributed by atoms with Crippen molar-refractivity contribution in [2.24, 2.45) is 0 Å². The van der Waals surface area contributed by atoms with E-state index in [-0.39, 0.29) is 0 Å². The summed E-state index contributed by atoms with van der Waals surface area (Å²) in [5.41, 5.74) is 3.62. The fraction of sp³-hybridized carbons (Fsp3) is 0.345. The van der Waals surface area contributed by atoms with Crippen LogP contribution in [0.5, 0.6) is 11.5 Å². The van der Waals surface area contributed by atoms with Gasteiger partial charge in [-0.15, -0.1) is 0 Å². The van der Waals surface area contributed by atoms with Crippen LogP contribution >= 0.6 is 0 Å². The van der Waals surface area contributed by atoms with Crippen molar-refractivity contribution in [2.45, 2.75) is 19.3 Å². The van der Waals surface area contributed by atoms with E-state index in [0.29, 0.717) is 12.3 Å². The molecule has 184 valence electrons. The highest BCUT2D eigenvalue weighted by molar-refractivity contribution is 5.70. The minimum absolute atomic E-state index is 0.397. The number of para-hydroxylation sites is 2. The first-order valence-electron chi connectivity index (χ1n) is 12.4. The molecule has 1 fully saturated rings. The molecule has 3 aromatic rings. The van der Waals surface area contributed by atoms with Gasteiger partial charge in [0.1, 0.15) is 11.5 Å². The molecule has 1 amide bonds. The number of hydrogen-bond donors (Lipinski definition) is 1. The number of carbonyl (C=O) groups is 1. The highest BCUT2D eigenvalue weighted by Gasteiger charge is 2.19. The monoisotopic (exact) mass is 473 g/mol. The van der Waals surface area contributed by atoms with E-state index in [1.54, 1.807) is 7.11 Å². The number of rotatable bonds is 10. The number of ether oxygens (including phenoxy) is 2. The summed E-state index contributed by atoms with van der Waals surface area (Å²) in [6.07, 6.45) is 2.44. The summed E-state index contributed by atoms with van der Waals surface area (Å²) in [6, 6.07) is 26.2. The number of nitrogens with zero attached hydrogens (tertiary/aromatic N) is 2. The Balaban J connectivity index is 1.09. The molecule has 0 atom stereocenters. The van der Waals surface area contributed by atoms with Crippen LogP contribution in [-0.4, -0.2) is 57.4 Å². The quantitative estimate of drug-likeness (QED) is 0.421. The zero-order valence-corrected chi connectivity index (χ0v) is 20.5. The third-order valence-electron chi connectivity index (χ3n) is 6.35. The maximum atomic E-state index is 12.1. The molecule has 0 aliphatic carbocycles. The molecule has 4 rings (SSSR count). The molecule has 1 aliphatic heterocycles. The van der Waals surface area contributed by atoms with Gasteiger partial charge in [0.05, 0.1) is 12.8 Å². The van der Waals surface area contributed by atoms with Crippen LogP contribution < -0.4 is 19.7 Å². The van der Waals surface area contributed by atoms with Crippen molar-refractivity contribution in [3.63, 3.8) is 0 Å². The average molecular weight is 474 g/mol. The Morgan fingerprint density at radius 1 is 0.829 bits per heavy atom. The summed E-state index contributed by atoms with van der Waals surface area (Å²) >= 11 is 0. The van der Waals surface area contributed by atoms with Gasteiger partial charge in [0, 0.05) is 32.7 Å². The van der Waals surface area contributed by atoms with Crippen molar-refractivity contribution >= 4 is 11.8 Å². The number of hydrogen-bond acceptors (Lipinski definition) is 5. The minimum Gasteiger partial charge on any atom is -0.495 e. The molecule has 1 aliphatic rings. The van der Waals surface area contributed by atoms with Gasteiger partial charge in [0.25, 0.3) is 0 Å². The van der Waals surface area contributed by atoms with E-state index in [1.807, 2.05) is 54.6 Å². The maximum Gasteiger partial charge on any atom is 0.412 e. The summed E-state index contributed by atoms with van der Waals surface area (Å²) < 4.78 is 10.9. The molecule has 1 N–H and O–H groups in total. The molecule has 3 aromatic carbocycles. The Labute approximate surface area is 208 Å². The van der Waals surface area contributed by atoms with Gasteiger partial charge in [-0.05, 0) is 61.2 Å². The number of carbonyl (C=O) groups excluding carboxylic acids is 1. The summed E-state index contributed by atoms with van der Waals surface area (Å²) in [7, 11) is 1.72. The van der Waals surface area contributed by atoms with Gasteiger partial charge in [0.15, 0.2) is 0 Å². The third kappa shape index (κ3) is 7.49. The largest absolute Gasteiger partial charge is 0.495 e. The SMILES string of the molecule is COc1ccccc1N1CCN(CCCCNC(=O)Oc2ccc(Cc3ccccc3)cc2)CC1. The Morgan fingerprint density at radius 2 is 1.51 bits per heavy atom. The fourth-order valence-electron chi connectivity index (χ4n) is 4.40. The van der Waals surface area contributed by atoms with Crippen LogP contribution in [-0.2, 0) is 6.42 Å². The zero-order chi connectivity index (χ0) is 24.3. The van der Waals surface area contributed by atoms with E-state index in [1.165, 1.54) is 16.8 Å². The lowest BCUT2D eigenvalue weighted by Gasteiger charge is -2.36. The highest BCUT2D eigenvalue weighted by Crippen LogP contribution is 2.28. The van der Waals surface area contributed by atoms with E-state index in [2.05, 4.69) is 39.4 Å². The number of anilines is 1. The van der Waals surface area contributed by atoms with Crippen LogP contribution in [0.1, 0.15) is 24.0 Å². The summed E-state index contributed by atoms with van der Waals surface area (Å²) in [4.78, 5) is 17.0. The normalized spacial score (nSPS) is 13.9. The Morgan fingerprint density at radius 3 is 2.26 bits per heavy atom. The fourth-order valence-corrected chi connectivity index (χ4v) is 4.40. The van der Waals surface area contributed by atoms with Gasteiger partial charge in [-0.2, -0.15) is 0 Å². The third-order valence-corrected chi connectivity index (χ3v) is 6.35. The number of nitrogens with one attached hydrogen (secondary N) is 1. The lowest BCUT2D eigenvalue weighted by atomic mass is 10.1. The number of methoxy groups -OCH3 is 1. The molecule has 6 heteroatoms. The molecule has 0 bridgehead atoms. The second kappa shape index (κ2) is 12.8. The van der Waals surface area contributed by atoms with Crippen molar-refractivity contribution in [3.05, 3.63) is 90.0 Å². The summed E-state index contributed by atoms with van der Waals surface area (Å²) in [5, 5.41) is 2.86. The minimum atomic E-state index is -0.397. The molecular weight excluding hydrogens is 438 g/mol. The van der Waals surface area contributed by atoms with E-state index < -0.39 is 6.09 Å². The summed E-state index contributed by atoms with van der Waals surface area (Å²) in [5.74, 6) is 1.49. The van der Waals surface area contributed by atoms with Crippen molar-refractivity contribution in [2.75, 3.05) is 51.3 Å². The molecular formula is C29H35N3O3. The molecule has 1 heterocycles. The highest BCUT2D eigenvalue weighted by atomic mass is 16.6. The van der Waals surface area contributed by atoms with Crippen molar-refractivity contribution in [1.82, 2.24) is 10.2 Å².